The molecular weight excluding hydrogens is 378 g/mol. The van der Waals surface area contributed by atoms with Crippen LogP contribution in [0.1, 0.15) is 11.1 Å². The molecule has 1 aliphatic heterocycles. The first-order valence-corrected chi connectivity index (χ1v) is 10.7. The average Bonchev–Trinajstić information content (AvgIpc) is 3.43. The number of aromatic nitrogens is 2. The first kappa shape index (κ1) is 17.9. The van der Waals surface area contributed by atoms with Crippen molar-refractivity contribution in [1.82, 2.24) is 14.5 Å². The Labute approximate surface area is 174 Å². The van der Waals surface area contributed by atoms with E-state index in [1.165, 1.54) is 11.1 Å². The first-order valence-electron chi connectivity index (χ1n) is 9.79. The highest BCUT2D eigenvalue weighted by molar-refractivity contribution is 7.13. The molecule has 4 nitrogen and oxygen atoms in total. The molecule has 0 fully saturated rings. The Morgan fingerprint density at radius 2 is 1.76 bits per heavy atom. The van der Waals surface area contributed by atoms with Crippen LogP contribution in [0, 0.1) is 0 Å². The lowest BCUT2D eigenvalue weighted by Crippen LogP contribution is -2.38. The van der Waals surface area contributed by atoms with Crippen molar-refractivity contribution in [2.24, 2.45) is 0 Å². The summed E-state index contributed by atoms with van der Waals surface area (Å²) >= 11 is 1.61. The second-order valence-corrected chi connectivity index (χ2v) is 8.12. The molecule has 0 saturated carbocycles. The van der Waals surface area contributed by atoms with Gasteiger partial charge in [0.2, 0.25) is 5.91 Å². The summed E-state index contributed by atoms with van der Waals surface area (Å²) in [4.78, 5) is 19.7. The molecule has 5 rings (SSSR count). The van der Waals surface area contributed by atoms with E-state index >= 15 is 0 Å². The molecule has 0 atom stereocenters. The summed E-state index contributed by atoms with van der Waals surface area (Å²) < 4.78 is 2.01. The highest BCUT2D eigenvalue weighted by Gasteiger charge is 2.21. The lowest BCUT2D eigenvalue weighted by atomic mass is 10.00. The van der Waals surface area contributed by atoms with Crippen molar-refractivity contribution in [2.45, 2.75) is 19.5 Å². The smallest absolute Gasteiger partial charge is 0.242 e. The van der Waals surface area contributed by atoms with Gasteiger partial charge in [0.15, 0.2) is 0 Å². The lowest BCUT2D eigenvalue weighted by molar-refractivity contribution is -0.132. The molecule has 144 valence electrons. The summed E-state index contributed by atoms with van der Waals surface area (Å²) in [7, 11) is 0. The van der Waals surface area contributed by atoms with Gasteiger partial charge >= 0.3 is 0 Å². The van der Waals surface area contributed by atoms with E-state index in [2.05, 4.69) is 35.7 Å². The van der Waals surface area contributed by atoms with Gasteiger partial charge in [0.25, 0.3) is 0 Å². The second kappa shape index (κ2) is 7.68. The number of nitrogens with zero attached hydrogens (tertiary/aromatic N) is 3. The van der Waals surface area contributed by atoms with Crippen LogP contribution in [0.2, 0.25) is 0 Å². The van der Waals surface area contributed by atoms with Crippen molar-refractivity contribution in [3.8, 4) is 22.0 Å². The van der Waals surface area contributed by atoms with E-state index in [9.17, 15) is 4.79 Å². The van der Waals surface area contributed by atoms with E-state index in [1.807, 2.05) is 52.1 Å². The highest BCUT2D eigenvalue weighted by Crippen LogP contribution is 2.29. The molecule has 0 aliphatic carbocycles. The van der Waals surface area contributed by atoms with Crippen LogP contribution in [0.15, 0.2) is 78.3 Å². The zero-order chi connectivity index (χ0) is 19.6. The third kappa shape index (κ3) is 3.61. The zero-order valence-electron chi connectivity index (χ0n) is 16.0. The predicted molar refractivity (Wildman–Crippen MR) is 117 cm³/mol. The Hall–Kier alpha value is -3.18. The number of amides is 1. The van der Waals surface area contributed by atoms with Crippen LogP contribution >= 0.6 is 11.3 Å². The van der Waals surface area contributed by atoms with Gasteiger partial charge in [-0.25, -0.2) is 4.98 Å². The van der Waals surface area contributed by atoms with E-state index < -0.39 is 0 Å². The molecule has 1 aliphatic rings. The minimum absolute atomic E-state index is 0.150. The third-order valence-electron chi connectivity index (χ3n) is 5.41. The summed E-state index contributed by atoms with van der Waals surface area (Å²) in [6.07, 6.45) is 2.89. The fraction of sp³-hybridized carbons (Fsp3) is 0.167. The Balaban J connectivity index is 1.34. The Morgan fingerprint density at radius 1 is 0.966 bits per heavy atom. The van der Waals surface area contributed by atoms with Crippen LogP contribution in [-0.2, 0) is 24.3 Å². The molecule has 0 N–H and O–H groups in total. The number of thiazole rings is 1. The summed E-state index contributed by atoms with van der Waals surface area (Å²) in [6.45, 7) is 1.81. The first-order chi connectivity index (χ1) is 14.3. The van der Waals surface area contributed by atoms with Crippen LogP contribution in [0.4, 0.5) is 0 Å². The highest BCUT2D eigenvalue weighted by atomic mass is 32.1. The maximum absolute atomic E-state index is 13.0. The molecule has 0 radical (unpaired) electrons. The van der Waals surface area contributed by atoms with Gasteiger partial charge < -0.3 is 9.47 Å². The summed E-state index contributed by atoms with van der Waals surface area (Å²) in [6, 6.07) is 22.6. The van der Waals surface area contributed by atoms with Crippen molar-refractivity contribution in [3.63, 3.8) is 0 Å². The minimum atomic E-state index is 0.150. The van der Waals surface area contributed by atoms with Gasteiger partial charge in [-0.15, -0.1) is 11.3 Å². The summed E-state index contributed by atoms with van der Waals surface area (Å²) in [5.41, 5.74) is 5.68. The van der Waals surface area contributed by atoms with E-state index in [0.717, 1.165) is 34.9 Å². The monoisotopic (exact) mass is 399 g/mol. The van der Waals surface area contributed by atoms with Gasteiger partial charge in [-0.3, -0.25) is 4.79 Å². The zero-order valence-corrected chi connectivity index (χ0v) is 16.8. The van der Waals surface area contributed by atoms with Gasteiger partial charge in [0, 0.05) is 30.2 Å². The fourth-order valence-corrected chi connectivity index (χ4v) is 4.70. The predicted octanol–water partition coefficient (Wildman–Crippen LogP) is 4.86. The lowest BCUT2D eigenvalue weighted by Gasteiger charge is -2.29. The average molecular weight is 400 g/mol. The molecule has 5 heteroatoms. The number of hydrogen-bond donors (Lipinski definition) is 0. The van der Waals surface area contributed by atoms with Crippen LogP contribution < -0.4 is 0 Å². The van der Waals surface area contributed by atoms with E-state index in [-0.39, 0.29) is 5.91 Å². The molecule has 0 unspecified atom stereocenters. The normalized spacial score (nSPS) is 13.3. The largest absolute Gasteiger partial charge is 0.336 e. The van der Waals surface area contributed by atoms with Crippen LogP contribution in [0.3, 0.4) is 0 Å². The quantitative estimate of drug-likeness (QED) is 0.491. The molecule has 3 heterocycles. The van der Waals surface area contributed by atoms with Crippen molar-refractivity contribution in [3.05, 3.63) is 89.4 Å². The summed E-state index contributed by atoms with van der Waals surface area (Å²) in [5.74, 6) is 0.150. The molecule has 2 aromatic heterocycles. The van der Waals surface area contributed by atoms with Crippen LogP contribution in [0.5, 0.6) is 0 Å². The number of carbonyl (C=O) groups excluding carboxylic acids is 1. The van der Waals surface area contributed by atoms with Crippen molar-refractivity contribution >= 4 is 17.2 Å². The van der Waals surface area contributed by atoms with E-state index in [0.29, 0.717) is 13.1 Å². The molecule has 1 amide bonds. The molecular formula is C24H21N3OS. The Kier molecular flexibility index (Phi) is 4.74. The topological polar surface area (TPSA) is 38.1 Å². The van der Waals surface area contributed by atoms with Gasteiger partial charge in [0.1, 0.15) is 11.6 Å². The van der Waals surface area contributed by atoms with Gasteiger partial charge in [-0.2, -0.15) is 0 Å². The van der Waals surface area contributed by atoms with E-state index in [1.54, 1.807) is 11.3 Å². The Morgan fingerprint density at radius 3 is 2.62 bits per heavy atom. The van der Waals surface area contributed by atoms with Crippen LogP contribution in [-0.4, -0.2) is 26.9 Å². The molecule has 0 bridgehead atoms. The number of hydrogen-bond acceptors (Lipinski definition) is 3. The minimum Gasteiger partial charge on any atom is -0.336 e. The maximum Gasteiger partial charge on any atom is 0.242 e. The standard InChI is InChI=1S/C24H21N3OS/c28-23(27-14-12-18-7-4-5-10-20(18)15-27)16-26-13-6-11-22(26)24-25-21(17-29-24)19-8-2-1-3-9-19/h1-11,13,17H,12,14-16H2. The Bertz CT molecular complexity index is 1150. The number of fused-ring (bicyclic) bond motifs is 1. The number of carbonyl (C=O) groups is 1. The van der Waals surface area contributed by atoms with E-state index in [4.69, 9.17) is 4.98 Å². The number of rotatable bonds is 4. The van der Waals surface area contributed by atoms with Crippen LogP contribution in [0.25, 0.3) is 22.0 Å². The second-order valence-electron chi connectivity index (χ2n) is 7.26. The maximum atomic E-state index is 13.0. The molecule has 29 heavy (non-hydrogen) atoms. The van der Waals surface area contributed by atoms with Crippen molar-refractivity contribution < 1.29 is 4.79 Å². The molecule has 4 aromatic rings. The molecule has 2 aromatic carbocycles. The third-order valence-corrected chi connectivity index (χ3v) is 6.28. The van der Waals surface area contributed by atoms with Gasteiger partial charge in [-0.05, 0) is 29.7 Å². The number of benzene rings is 2. The van der Waals surface area contributed by atoms with Gasteiger partial charge in [0.05, 0.1) is 11.4 Å². The van der Waals surface area contributed by atoms with Crippen molar-refractivity contribution in [1.29, 1.82) is 0 Å². The SMILES string of the molecule is O=C(Cn1cccc1-c1nc(-c2ccccc2)cs1)N1CCc2ccccc2C1. The molecule has 0 spiro atoms. The molecule has 0 saturated heterocycles. The summed E-state index contributed by atoms with van der Waals surface area (Å²) in [5, 5.41) is 3.01. The van der Waals surface area contributed by atoms with Gasteiger partial charge in [-0.1, -0.05) is 54.6 Å². The fourth-order valence-electron chi connectivity index (χ4n) is 3.83. The van der Waals surface area contributed by atoms with Crippen molar-refractivity contribution in [2.75, 3.05) is 6.54 Å².